The number of hydrogen-bond acceptors (Lipinski definition) is 0. The summed E-state index contributed by atoms with van der Waals surface area (Å²) in [6.45, 7) is 23.0. The maximum atomic E-state index is 9.07. The fraction of sp³-hybridized carbons (Fsp3) is 0.491. The third-order valence-electron chi connectivity index (χ3n) is 15.0. The molecule has 6 aromatic rings. The van der Waals surface area contributed by atoms with Gasteiger partial charge in [0.1, 0.15) is 0 Å². The topological polar surface area (TPSA) is 0 Å². The first-order valence-corrected chi connectivity index (χ1v) is 21.7. The standard InChI is InChI=1S/C28H36.C27H34/c1-6-21(19(2)3)12-11-20(4)28(5)18-17-26-25-14-13-22-9-7-8-10-23(22)24(25)15-16-27(26)28;1-18(2)19(3)10-11-20(4)27(5)17-16-25-24-13-12-21-8-6-7-9-22(21)23(24)14-15-26(25)27/h7-10,13-16,19-21H,6,11-12,17-18H2,1-5H3;6-9,12-15,18-20H,10-11,16-17H2,1-5H3/t20-,21?,28+;19?,20-,27+/m11/s1/i17D,18D;16D,17D/t17?,18?,20-,21?,28+;16?,17?,19?,20-,27+. The highest BCUT2D eigenvalue weighted by molar-refractivity contribution is 6.10. The number of aryl methyl sites for hydroxylation is 2. The highest BCUT2D eigenvalue weighted by Gasteiger charge is 2.41. The Morgan fingerprint density at radius 2 is 0.927 bits per heavy atom. The fourth-order valence-electron chi connectivity index (χ4n) is 9.99. The van der Waals surface area contributed by atoms with Crippen LogP contribution in [0, 0.1) is 35.5 Å². The molecule has 0 spiro atoms. The van der Waals surface area contributed by atoms with E-state index in [1.54, 1.807) is 0 Å². The van der Waals surface area contributed by atoms with Gasteiger partial charge in [0.15, 0.2) is 0 Å². The molecule has 0 heterocycles. The van der Waals surface area contributed by atoms with Gasteiger partial charge in [-0.1, -0.05) is 179 Å². The van der Waals surface area contributed by atoms with E-state index in [0.717, 1.165) is 29.9 Å². The molecule has 0 nitrogen and oxygen atoms in total. The van der Waals surface area contributed by atoms with Crippen molar-refractivity contribution >= 4 is 43.1 Å². The van der Waals surface area contributed by atoms with Crippen LogP contribution in [0.1, 0.15) is 142 Å². The molecule has 0 saturated heterocycles. The van der Waals surface area contributed by atoms with Gasteiger partial charge >= 0.3 is 0 Å². The molecule has 290 valence electrons. The zero-order chi connectivity index (χ0) is 42.6. The Kier molecular flexibility index (Phi) is 10.1. The highest BCUT2D eigenvalue weighted by Crippen LogP contribution is 2.50. The lowest BCUT2D eigenvalue weighted by Crippen LogP contribution is -2.28. The normalized spacial score (nSPS) is 27.9. The summed E-state index contributed by atoms with van der Waals surface area (Å²) >= 11 is 0. The van der Waals surface area contributed by atoms with Crippen LogP contribution in [0.4, 0.5) is 0 Å². The number of rotatable bonds is 11. The first kappa shape index (κ1) is 34.6. The van der Waals surface area contributed by atoms with Crippen LogP contribution in [0.3, 0.4) is 0 Å². The molecule has 2 aliphatic rings. The highest BCUT2D eigenvalue weighted by atomic mass is 14.4. The molecule has 0 saturated carbocycles. The van der Waals surface area contributed by atoms with Gasteiger partial charge in [0, 0.05) is 5.48 Å². The van der Waals surface area contributed by atoms with E-state index in [9.17, 15) is 0 Å². The summed E-state index contributed by atoms with van der Waals surface area (Å²) in [4.78, 5) is 0. The first-order valence-electron chi connectivity index (χ1n) is 24.0. The molecular weight excluding hydrogens is 661 g/mol. The Morgan fingerprint density at radius 3 is 1.36 bits per heavy atom. The average Bonchev–Trinajstić information content (AvgIpc) is 3.57. The molecular formula is C55H70. The van der Waals surface area contributed by atoms with E-state index in [0.29, 0.717) is 29.6 Å². The van der Waals surface area contributed by atoms with Gasteiger partial charge < -0.3 is 0 Å². The molecule has 0 N–H and O–H groups in total. The smallest absolute Gasteiger partial charge is 0.0317 e. The molecule has 55 heavy (non-hydrogen) atoms. The van der Waals surface area contributed by atoms with E-state index in [4.69, 9.17) is 5.48 Å². The van der Waals surface area contributed by atoms with Crippen LogP contribution in [-0.2, 0) is 23.6 Å². The van der Waals surface area contributed by atoms with E-state index in [2.05, 4.69) is 166 Å². The molecule has 0 amide bonds. The maximum absolute atomic E-state index is 9.07. The summed E-state index contributed by atoms with van der Waals surface area (Å²) in [6.07, 6.45) is 4.08. The van der Waals surface area contributed by atoms with Crippen molar-refractivity contribution in [3.8, 4) is 0 Å². The van der Waals surface area contributed by atoms with Crippen molar-refractivity contribution in [2.24, 2.45) is 35.5 Å². The van der Waals surface area contributed by atoms with Crippen LogP contribution in [-0.4, -0.2) is 0 Å². The lowest BCUT2D eigenvalue weighted by atomic mass is 9.70. The van der Waals surface area contributed by atoms with Crippen molar-refractivity contribution in [1.82, 2.24) is 0 Å². The molecule has 0 heteroatoms. The fourth-order valence-corrected chi connectivity index (χ4v) is 9.99. The average molecular weight is 735 g/mol. The summed E-state index contributed by atoms with van der Waals surface area (Å²) in [5.41, 5.74) is 4.15. The van der Waals surface area contributed by atoms with Gasteiger partial charge in [0.25, 0.3) is 0 Å². The second kappa shape index (κ2) is 16.1. The van der Waals surface area contributed by atoms with Crippen LogP contribution in [0.25, 0.3) is 43.1 Å². The quantitative estimate of drug-likeness (QED) is 0.116. The molecule has 6 aromatic carbocycles. The van der Waals surface area contributed by atoms with E-state index in [-0.39, 0.29) is 10.8 Å². The van der Waals surface area contributed by atoms with Gasteiger partial charge in [-0.25, -0.2) is 0 Å². The van der Waals surface area contributed by atoms with E-state index >= 15 is 0 Å². The molecule has 10 atom stereocenters. The first-order chi connectivity index (χ1) is 28.1. The zero-order valence-corrected chi connectivity index (χ0v) is 35.5. The third kappa shape index (κ3) is 7.38. The Bertz CT molecular complexity index is 2430. The Labute approximate surface area is 340 Å². The minimum Gasteiger partial charge on any atom is -0.0651 e. The van der Waals surface area contributed by atoms with Crippen LogP contribution in [0.2, 0.25) is 0 Å². The van der Waals surface area contributed by atoms with Gasteiger partial charge in [-0.3, -0.25) is 0 Å². The number of benzene rings is 6. The van der Waals surface area contributed by atoms with Crippen LogP contribution in [0.5, 0.6) is 0 Å². The van der Waals surface area contributed by atoms with Crippen molar-refractivity contribution in [2.45, 2.75) is 138 Å². The molecule has 0 radical (unpaired) electrons. The van der Waals surface area contributed by atoms with E-state index in [1.807, 2.05) is 0 Å². The maximum Gasteiger partial charge on any atom is 0.0317 e. The minimum atomic E-state index is -0.482. The zero-order valence-electron chi connectivity index (χ0n) is 39.5. The number of fused-ring (bicyclic) bond motifs is 10. The van der Waals surface area contributed by atoms with Gasteiger partial charge in [-0.15, -0.1) is 0 Å². The monoisotopic (exact) mass is 735 g/mol. The van der Waals surface area contributed by atoms with E-state index < -0.39 is 25.6 Å². The van der Waals surface area contributed by atoms with Crippen molar-refractivity contribution < 1.29 is 5.48 Å². The van der Waals surface area contributed by atoms with Gasteiger partial charge in [0.2, 0.25) is 0 Å². The van der Waals surface area contributed by atoms with Crippen molar-refractivity contribution in [3.05, 3.63) is 119 Å². The Morgan fingerprint density at radius 1 is 0.491 bits per heavy atom. The summed E-state index contributed by atoms with van der Waals surface area (Å²) in [5, 5.41) is 9.75. The third-order valence-corrected chi connectivity index (χ3v) is 15.0. The van der Waals surface area contributed by atoms with Crippen molar-refractivity contribution in [2.75, 3.05) is 0 Å². The van der Waals surface area contributed by atoms with Crippen molar-refractivity contribution in [1.29, 1.82) is 0 Å². The summed E-state index contributed by atoms with van der Waals surface area (Å²) in [7, 11) is 0. The van der Waals surface area contributed by atoms with Gasteiger partial charge in [-0.05, 0) is 157 Å². The molecule has 8 rings (SSSR count). The van der Waals surface area contributed by atoms with Crippen LogP contribution >= 0.6 is 0 Å². The minimum absolute atomic E-state index is 0.266. The predicted octanol–water partition coefficient (Wildman–Crippen LogP) is 16.2. The van der Waals surface area contributed by atoms with Gasteiger partial charge in [0.05, 0.1) is 0 Å². The van der Waals surface area contributed by atoms with Crippen LogP contribution in [0.15, 0.2) is 97.1 Å². The van der Waals surface area contributed by atoms with Crippen molar-refractivity contribution in [3.63, 3.8) is 0 Å². The SMILES string of the molecule is [2H]C1c2c(ccc3c2ccc2ccccc23)[C@](C)([C@H](C)CCC(C)C(C)C)C1[2H].[2H]C1c2c(ccc3c2ccc2ccccc23)[C@](C)([C@H](C)CCC(CC)C(C)C)C1[2H]. The molecule has 0 bridgehead atoms. The Balaban J connectivity index is 0.000000179. The predicted molar refractivity (Wildman–Crippen MR) is 244 cm³/mol. The van der Waals surface area contributed by atoms with Crippen LogP contribution < -0.4 is 0 Å². The summed E-state index contributed by atoms with van der Waals surface area (Å²) in [6, 6.07) is 34.7. The molecule has 0 aromatic heterocycles. The molecule has 6 unspecified atom stereocenters. The molecule has 0 fully saturated rings. The Hall–Kier alpha value is -3.64. The van der Waals surface area contributed by atoms with Gasteiger partial charge in [-0.2, -0.15) is 0 Å². The molecule has 2 aliphatic carbocycles. The number of hydrogen-bond donors (Lipinski definition) is 0. The molecule has 0 aliphatic heterocycles. The second-order valence-electron chi connectivity index (χ2n) is 18.6. The summed E-state index contributed by atoms with van der Waals surface area (Å²) < 4.78 is 36.1. The lowest BCUT2D eigenvalue weighted by Gasteiger charge is -2.34. The second-order valence-corrected chi connectivity index (χ2v) is 18.6. The summed E-state index contributed by atoms with van der Waals surface area (Å²) in [5.74, 6) is 3.62. The largest absolute Gasteiger partial charge is 0.0651 e. The lowest BCUT2D eigenvalue weighted by molar-refractivity contribution is 0.249. The van der Waals surface area contributed by atoms with E-state index in [1.165, 1.54) is 73.5 Å².